The number of amides is 1. The van der Waals surface area contributed by atoms with Crippen LogP contribution in [0.15, 0.2) is 23.1 Å². The van der Waals surface area contributed by atoms with E-state index < -0.39 is 0 Å². The highest BCUT2D eigenvalue weighted by atomic mass is 16.2. The first kappa shape index (κ1) is 14.5. The van der Waals surface area contributed by atoms with Gasteiger partial charge in [-0.05, 0) is 31.4 Å². The van der Waals surface area contributed by atoms with E-state index in [1.165, 1.54) is 0 Å². The molecule has 2 heterocycles. The molecule has 2 aromatic rings. The zero-order valence-electron chi connectivity index (χ0n) is 12.3. The summed E-state index contributed by atoms with van der Waals surface area (Å²) in [6.07, 6.45) is 5.62. The van der Waals surface area contributed by atoms with Gasteiger partial charge < -0.3 is 10.6 Å². The van der Waals surface area contributed by atoms with Crippen molar-refractivity contribution in [3.05, 3.63) is 28.7 Å². The van der Waals surface area contributed by atoms with E-state index in [0.29, 0.717) is 29.8 Å². The molecule has 1 amide bonds. The molecule has 1 aliphatic rings. The normalized spacial score (nSPS) is 14.5. The highest BCUT2D eigenvalue weighted by molar-refractivity contribution is 5.86. The van der Waals surface area contributed by atoms with Crippen LogP contribution in [0, 0.1) is 5.92 Å². The van der Waals surface area contributed by atoms with Crippen molar-refractivity contribution in [3.8, 4) is 0 Å². The number of fused-ring (bicyclic) bond motifs is 1. The molecule has 0 bridgehead atoms. The van der Waals surface area contributed by atoms with E-state index in [2.05, 4.69) is 25.8 Å². The van der Waals surface area contributed by atoms with E-state index >= 15 is 0 Å². The molecule has 0 atom stereocenters. The highest BCUT2D eigenvalue weighted by Gasteiger charge is 2.24. The number of nitrogens with zero attached hydrogens (tertiary/aromatic N) is 2. The van der Waals surface area contributed by atoms with Crippen LogP contribution in [0.25, 0.3) is 10.9 Å². The van der Waals surface area contributed by atoms with Gasteiger partial charge in [0.25, 0.3) is 5.56 Å². The number of aromatic nitrogens is 3. The van der Waals surface area contributed by atoms with E-state index in [0.717, 1.165) is 25.7 Å². The average Bonchev–Trinajstić information content (AvgIpc) is 2.47. The molecule has 22 heavy (non-hydrogen) atoms. The van der Waals surface area contributed by atoms with Gasteiger partial charge in [-0.25, -0.2) is 5.10 Å². The van der Waals surface area contributed by atoms with Crippen LogP contribution in [0.4, 0.5) is 5.82 Å². The summed E-state index contributed by atoms with van der Waals surface area (Å²) in [5.74, 6) is 0.947. The van der Waals surface area contributed by atoms with Crippen molar-refractivity contribution < 1.29 is 4.79 Å². The molecule has 0 saturated heterocycles. The lowest BCUT2D eigenvalue weighted by atomic mass is 9.85. The minimum Gasteiger partial charge on any atom is -0.367 e. The second-order valence-electron chi connectivity index (χ2n) is 5.50. The van der Waals surface area contributed by atoms with Crippen molar-refractivity contribution in [1.82, 2.24) is 20.5 Å². The van der Waals surface area contributed by atoms with Gasteiger partial charge >= 0.3 is 0 Å². The van der Waals surface area contributed by atoms with Gasteiger partial charge in [0.05, 0.1) is 5.39 Å². The Balaban J connectivity index is 1.50. The Kier molecular flexibility index (Phi) is 4.32. The minimum atomic E-state index is -0.249. The van der Waals surface area contributed by atoms with Gasteiger partial charge in [0.1, 0.15) is 5.52 Å². The van der Waals surface area contributed by atoms with Gasteiger partial charge in [-0.3, -0.25) is 14.6 Å². The fourth-order valence-corrected chi connectivity index (χ4v) is 2.44. The third-order valence-corrected chi connectivity index (χ3v) is 3.97. The Morgan fingerprint density at radius 1 is 1.36 bits per heavy atom. The van der Waals surface area contributed by atoms with E-state index in [4.69, 9.17) is 0 Å². The largest absolute Gasteiger partial charge is 0.367 e. The van der Waals surface area contributed by atoms with Gasteiger partial charge in [0.2, 0.25) is 5.91 Å². The second-order valence-corrected chi connectivity index (χ2v) is 5.50. The molecule has 7 nitrogen and oxygen atoms in total. The number of pyridine rings is 1. The Morgan fingerprint density at radius 2 is 2.23 bits per heavy atom. The van der Waals surface area contributed by atoms with Crippen LogP contribution in [0.2, 0.25) is 0 Å². The molecule has 0 aromatic carbocycles. The zero-order chi connectivity index (χ0) is 15.4. The molecule has 1 aliphatic carbocycles. The van der Waals surface area contributed by atoms with Crippen LogP contribution < -0.4 is 16.2 Å². The molecule has 1 fully saturated rings. The minimum absolute atomic E-state index is 0.167. The van der Waals surface area contributed by atoms with Crippen LogP contribution >= 0.6 is 0 Å². The molecule has 116 valence electrons. The monoisotopic (exact) mass is 301 g/mol. The number of carbonyl (C=O) groups excluding carboxylic acids is 1. The first-order valence-electron chi connectivity index (χ1n) is 7.60. The predicted molar refractivity (Wildman–Crippen MR) is 83.6 cm³/mol. The quantitative estimate of drug-likeness (QED) is 0.692. The molecule has 1 saturated carbocycles. The van der Waals surface area contributed by atoms with Gasteiger partial charge in [-0.15, -0.1) is 0 Å². The maximum atomic E-state index is 11.7. The number of hydrogen-bond donors (Lipinski definition) is 3. The van der Waals surface area contributed by atoms with Gasteiger partial charge in [-0.1, -0.05) is 6.42 Å². The Labute approximate surface area is 127 Å². The molecule has 2 aromatic heterocycles. The standard InChI is InChI=1S/C15H19N5O2/c21-14(10-4-1-5-10)18-9-3-8-17-13-12-11(6-2-7-16-12)15(22)20-19-13/h2,6-7,10H,1,3-5,8-9H2,(H,17,19)(H,18,21)(H,20,22). The topological polar surface area (TPSA) is 99.8 Å². The van der Waals surface area contributed by atoms with Crippen molar-refractivity contribution in [1.29, 1.82) is 0 Å². The van der Waals surface area contributed by atoms with Crippen molar-refractivity contribution in [2.75, 3.05) is 18.4 Å². The van der Waals surface area contributed by atoms with Crippen LogP contribution in [0.3, 0.4) is 0 Å². The number of carbonyl (C=O) groups is 1. The first-order valence-corrected chi connectivity index (χ1v) is 7.60. The molecule has 3 N–H and O–H groups in total. The van der Waals surface area contributed by atoms with Crippen molar-refractivity contribution >= 4 is 22.6 Å². The van der Waals surface area contributed by atoms with Crippen LogP contribution in [0.1, 0.15) is 25.7 Å². The van der Waals surface area contributed by atoms with E-state index in [1.807, 2.05) is 0 Å². The number of nitrogens with one attached hydrogen (secondary N) is 3. The molecule has 0 radical (unpaired) electrons. The number of rotatable bonds is 6. The van der Waals surface area contributed by atoms with Crippen molar-refractivity contribution in [2.24, 2.45) is 5.92 Å². The highest BCUT2D eigenvalue weighted by Crippen LogP contribution is 2.26. The Bertz CT molecular complexity index is 723. The zero-order valence-corrected chi connectivity index (χ0v) is 12.3. The molecule has 0 spiro atoms. The number of H-pyrrole nitrogens is 1. The number of hydrogen-bond acceptors (Lipinski definition) is 5. The van der Waals surface area contributed by atoms with Crippen molar-refractivity contribution in [2.45, 2.75) is 25.7 Å². The summed E-state index contributed by atoms with van der Waals surface area (Å²) in [6, 6.07) is 3.43. The fourth-order valence-electron chi connectivity index (χ4n) is 2.44. The second kappa shape index (κ2) is 6.55. The van der Waals surface area contributed by atoms with Crippen molar-refractivity contribution in [3.63, 3.8) is 0 Å². The summed E-state index contributed by atoms with van der Waals surface area (Å²) in [7, 11) is 0. The summed E-state index contributed by atoms with van der Waals surface area (Å²) >= 11 is 0. The number of anilines is 1. The molecule has 3 rings (SSSR count). The Morgan fingerprint density at radius 3 is 3.00 bits per heavy atom. The van der Waals surface area contributed by atoms with Gasteiger partial charge in [0, 0.05) is 25.2 Å². The van der Waals surface area contributed by atoms with E-state index in [1.54, 1.807) is 18.3 Å². The summed E-state index contributed by atoms with van der Waals surface area (Å²) in [6.45, 7) is 1.28. The Hall–Kier alpha value is -2.44. The predicted octanol–water partition coefficient (Wildman–Crippen LogP) is 1.04. The number of aromatic amines is 1. The summed E-state index contributed by atoms with van der Waals surface area (Å²) in [5.41, 5.74) is 0.311. The maximum Gasteiger partial charge on any atom is 0.273 e. The van der Waals surface area contributed by atoms with Crippen LogP contribution in [-0.4, -0.2) is 34.2 Å². The SMILES string of the molecule is O=C(NCCCNc1n[nH]c(=O)c2cccnc12)C1CCC1. The lowest BCUT2D eigenvalue weighted by Gasteiger charge is -2.24. The third kappa shape index (κ3) is 3.08. The van der Waals surface area contributed by atoms with Crippen LogP contribution in [-0.2, 0) is 4.79 Å². The third-order valence-electron chi connectivity index (χ3n) is 3.97. The molecular formula is C15H19N5O2. The van der Waals surface area contributed by atoms with Gasteiger partial charge in [-0.2, -0.15) is 5.10 Å². The van der Waals surface area contributed by atoms with Crippen LogP contribution in [0.5, 0.6) is 0 Å². The fraction of sp³-hybridized carbons (Fsp3) is 0.467. The lowest BCUT2D eigenvalue weighted by Crippen LogP contribution is -2.35. The molecule has 7 heteroatoms. The van der Waals surface area contributed by atoms with E-state index in [-0.39, 0.29) is 17.4 Å². The molecular weight excluding hydrogens is 282 g/mol. The smallest absolute Gasteiger partial charge is 0.273 e. The average molecular weight is 301 g/mol. The van der Waals surface area contributed by atoms with Gasteiger partial charge in [0.15, 0.2) is 5.82 Å². The summed E-state index contributed by atoms with van der Waals surface area (Å²) in [4.78, 5) is 27.5. The summed E-state index contributed by atoms with van der Waals surface area (Å²) < 4.78 is 0. The lowest BCUT2D eigenvalue weighted by molar-refractivity contribution is -0.127. The first-order chi connectivity index (χ1) is 10.8. The van der Waals surface area contributed by atoms with E-state index in [9.17, 15) is 9.59 Å². The summed E-state index contributed by atoms with van der Waals surface area (Å²) in [5, 5.41) is 13.1. The maximum absolute atomic E-state index is 11.7. The molecule has 0 aliphatic heterocycles. The molecule has 0 unspecified atom stereocenters.